The summed E-state index contributed by atoms with van der Waals surface area (Å²) in [5.41, 5.74) is 0. The Morgan fingerprint density at radius 1 is 0.926 bits per heavy atom. The minimum absolute atomic E-state index is 0.321. The van der Waals surface area contributed by atoms with Crippen LogP contribution in [-0.2, 0) is 18.0 Å². The van der Waals surface area contributed by atoms with Crippen molar-refractivity contribution in [2.24, 2.45) is 0 Å². The largest absolute Gasteiger partial charge is 0.488 e. The molecule has 0 amide bonds. The summed E-state index contributed by atoms with van der Waals surface area (Å²) in [4.78, 5) is 26.7. The molecule has 2 unspecified atom stereocenters. The third kappa shape index (κ3) is 13.1. The molecule has 0 aliphatic heterocycles. The molecular weight excluding hydrogens is 394 g/mol. The number of para-hydroxylation sites is 1. The second kappa shape index (κ2) is 12.7. The predicted octanol–water partition coefficient (Wildman–Crippen LogP) is 4.80. The molecule has 0 spiro atoms. The lowest BCUT2D eigenvalue weighted by molar-refractivity contribution is 0.0923. The molecule has 0 aliphatic rings. The van der Waals surface area contributed by atoms with Gasteiger partial charge in [0, 0.05) is 0 Å². The van der Waals surface area contributed by atoms with Gasteiger partial charge in [0.05, 0.1) is 6.61 Å². The van der Waals surface area contributed by atoms with Crippen LogP contribution in [0.2, 0.25) is 0 Å². The first-order valence-corrected chi connectivity index (χ1v) is 12.2. The lowest BCUT2D eigenvalue weighted by atomic mass is 10.1. The van der Waals surface area contributed by atoms with Crippen molar-refractivity contribution >= 4 is 15.6 Å². The Morgan fingerprint density at radius 2 is 1.52 bits per heavy atom. The molecule has 1 rings (SSSR count). The zero-order valence-electron chi connectivity index (χ0n) is 15.6. The van der Waals surface area contributed by atoms with E-state index in [9.17, 15) is 14.0 Å². The molecule has 0 saturated carbocycles. The fourth-order valence-corrected chi connectivity index (χ4v) is 4.15. The van der Waals surface area contributed by atoms with E-state index in [0.29, 0.717) is 12.2 Å². The third-order valence-electron chi connectivity index (χ3n) is 3.81. The van der Waals surface area contributed by atoms with E-state index in [2.05, 4.69) is 11.2 Å². The molecule has 8 nitrogen and oxygen atoms in total. The fourth-order valence-electron chi connectivity index (χ4n) is 2.53. The minimum atomic E-state index is -5.13. The third-order valence-corrected chi connectivity index (χ3v) is 5.96. The summed E-state index contributed by atoms with van der Waals surface area (Å²) in [6, 6.07) is 8.94. The van der Waals surface area contributed by atoms with E-state index in [1.54, 1.807) is 24.3 Å². The molecule has 0 radical (unpaired) electrons. The lowest BCUT2D eigenvalue weighted by Crippen LogP contribution is -2.22. The average Bonchev–Trinajstić information content (AvgIpc) is 2.57. The molecule has 0 aromatic heterocycles. The van der Waals surface area contributed by atoms with Gasteiger partial charge in [0.1, 0.15) is 11.9 Å². The molecule has 2 atom stereocenters. The van der Waals surface area contributed by atoms with Crippen LogP contribution < -0.4 is 4.74 Å². The Balaban J connectivity index is 2.50. The lowest BCUT2D eigenvalue weighted by Gasteiger charge is -2.21. The smallest absolute Gasteiger partial charge is 0.481 e. The van der Waals surface area contributed by atoms with Crippen LogP contribution in [0.3, 0.4) is 0 Å². The summed E-state index contributed by atoms with van der Waals surface area (Å²) in [6.45, 7) is 1.85. The van der Waals surface area contributed by atoms with E-state index in [1.165, 1.54) is 25.7 Å². The Kier molecular flexibility index (Phi) is 11.4. The van der Waals surface area contributed by atoms with Crippen molar-refractivity contribution in [3.05, 3.63) is 30.3 Å². The SMILES string of the molecule is CCCCCCCCCC(COP(=O)(O)OP(=O)(O)O)Oc1ccccc1. The standard InChI is InChI=1S/C17H30O8P2/c1-2-3-4-5-6-7-9-14-17(24-16-12-10-8-11-13-16)15-23-27(21,22)25-26(18,19)20/h8,10-13,17H,2-7,9,14-15H2,1H3,(H,21,22)(H2,18,19,20). The number of rotatable bonds is 15. The molecule has 1 aromatic rings. The van der Waals surface area contributed by atoms with Crippen molar-refractivity contribution in [2.75, 3.05) is 6.61 Å². The van der Waals surface area contributed by atoms with E-state index < -0.39 is 21.7 Å². The molecule has 156 valence electrons. The van der Waals surface area contributed by atoms with E-state index in [1.807, 2.05) is 6.07 Å². The molecule has 0 bridgehead atoms. The first-order chi connectivity index (χ1) is 12.7. The number of ether oxygens (including phenoxy) is 1. The van der Waals surface area contributed by atoms with Crippen molar-refractivity contribution < 1.29 is 37.4 Å². The summed E-state index contributed by atoms with van der Waals surface area (Å²) in [6.07, 6.45) is 7.84. The number of benzene rings is 1. The van der Waals surface area contributed by atoms with Gasteiger partial charge in [-0.1, -0.05) is 63.6 Å². The van der Waals surface area contributed by atoms with Crippen molar-refractivity contribution in [1.29, 1.82) is 0 Å². The van der Waals surface area contributed by atoms with Crippen LogP contribution in [0.1, 0.15) is 58.3 Å². The van der Waals surface area contributed by atoms with E-state index in [0.717, 1.165) is 19.3 Å². The van der Waals surface area contributed by atoms with Gasteiger partial charge in [-0.15, -0.1) is 0 Å². The number of hydrogen-bond acceptors (Lipinski definition) is 5. The van der Waals surface area contributed by atoms with Gasteiger partial charge < -0.3 is 19.4 Å². The first kappa shape index (κ1) is 24.3. The van der Waals surface area contributed by atoms with E-state index >= 15 is 0 Å². The maximum atomic E-state index is 11.6. The molecule has 3 N–H and O–H groups in total. The van der Waals surface area contributed by atoms with Gasteiger partial charge in [-0.3, -0.25) is 4.52 Å². The highest BCUT2D eigenvalue weighted by Gasteiger charge is 2.33. The van der Waals surface area contributed by atoms with Crippen molar-refractivity contribution in [2.45, 2.75) is 64.4 Å². The maximum Gasteiger partial charge on any atom is 0.481 e. The molecule has 0 aliphatic carbocycles. The summed E-state index contributed by atoms with van der Waals surface area (Å²) in [7, 11) is -10.0. The summed E-state index contributed by atoms with van der Waals surface area (Å²) in [5.74, 6) is 0.581. The summed E-state index contributed by atoms with van der Waals surface area (Å²) in [5, 5.41) is 0. The minimum Gasteiger partial charge on any atom is -0.488 e. The zero-order chi connectivity index (χ0) is 20.2. The first-order valence-electron chi connectivity index (χ1n) is 9.18. The van der Waals surface area contributed by atoms with Crippen LogP contribution in [0.25, 0.3) is 0 Å². The Labute approximate surface area is 160 Å². The highest BCUT2D eigenvalue weighted by Crippen LogP contribution is 2.57. The quantitative estimate of drug-likeness (QED) is 0.271. The van der Waals surface area contributed by atoms with Crippen LogP contribution in [0.5, 0.6) is 5.75 Å². The van der Waals surface area contributed by atoms with Gasteiger partial charge in [-0.2, -0.15) is 4.31 Å². The van der Waals surface area contributed by atoms with E-state index in [4.69, 9.17) is 19.0 Å². The summed E-state index contributed by atoms with van der Waals surface area (Å²) < 4.78 is 36.7. The maximum absolute atomic E-state index is 11.6. The molecule has 0 heterocycles. The number of hydrogen-bond donors (Lipinski definition) is 3. The van der Waals surface area contributed by atoms with Crippen LogP contribution in [0.4, 0.5) is 0 Å². The van der Waals surface area contributed by atoms with Crippen molar-refractivity contribution in [3.8, 4) is 5.75 Å². The molecule has 0 fully saturated rings. The highest BCUT2D eigenvalue weighted by molar-refractivity contribution is 7.60. The Bertz CT molecular complexity index is 604. The van der Waals surface area contributed by atoms with Crippen LogP contribution in [0, 0.1) is 0 Å². The summed E-state index contributed by atoms with van der Waals surface area (Å²) >= 11 is 0. The van der Waals surface area contributed by atoms with Crippen LogP contribution in [-0.4, -0.2) is 27.4 Å². The fraction of sp³-hybridized carbons (Fsp3) is 0.647. The number of phosphoric acid groups is 2. The molecule has 0 saturated heterocycles. The second-order valence-electron chi connectivity index (χ2n) is 6.30. The molecule has 27 heavy (non-hydrogen) atoms. The van der Waals surface area contributed by atoms with Gasteiger partial charge in [0.15, 0.2) is 0 Å². The number of phosphoric ester groups is 1. The normalized spacial score (nSPS) is 15.3. The average molecular weight is 424 g/mol. The van der Waals surface area contributed by atoms with Gasteiger partial charge in [0.25, 0.3) is 0 Å². The topological polar surface area (TPSA) is 123 Å². The van der Waals surface area contributed by atoms with Crippen LogP contribution >= 0.6 is 15.6 Å². The van der Waals surface area contributed by atoms with Gasteiger partial charge >= 0.3 is 15.6 Å². The molecular formula is C17H30O8P2. The molecule has 10 heteroatoms. The van der Waals surface area contributed by atoms with Gasteiger partial charge in [-0.05, 0) is 25.0 Å². The predicted molar refractivity (Wildman–Crippen MR) is 102 cm³/mol. The van der Waals surface area contributed by atoms with Crippen LogP contribution in [0.15, 0.2) is 30.3 Å². The van der Waals surface area contributed by atoms with Crippen molar-refractivity contribution in [3.63, 3.8) is 0 Å². The van der Waals surface area contributed by atoms with Gasteiger partial charge in [0.2, 0.25) is 0 Å². The zero-order valence-corrected chi connectivity index (χ0v) is 17.4. The van der Waals surface area contributed by atoms with E-state index in [-0.39, 0.29) is 6.61 Å². The van der Waals surface area contributed by atoms with Gasteiger partial charge in [-0.25, -0.2) is 9.13 Å². The molecule has 1 aromatic carbocycles. The highest BCUT2D eigenvalue weighted by atomic mass is 31.3. The second-order valence-corrected chi connectivity index (χ2v) is 9.13. The Morgan fingerprint density at radius 3 is 2.11 bits per heavy atom. The Hall–Kier alpha value is -0.720. The monoisotopic (exact) mass is 424 g/mol. The number of unbranched alkanes of at least 4 members (excludes halogenated alkanes) is 6. The van der Waals surface area contributed by atoms with Crippen molar-refractivity contribution in [1.82, 2.24) is 0 Å².